The van der Waals surface area contributed by atoms with Gasteiger partial charge in [-0.05, 0) is 37.8 Å². The van der Waals surface area contributed by atoms with Gasteiger partial charge < -0.3 is 9.64 Å². The zero-order chi connectivity index (χ0) is 16.2. The molecule has 1 N–H and O–H groups in total. The summed E-state index contributed by atoms with van der Waals surface area (Å²) in [5.41, 5.74) is 2.83. The number of rotatable bonds is 4. The first kappa shape index (κ1) is 15.5. The van der Waals surface area contributed by atoms with Gasteiger partial charge >= 0.3 is 5.97 Å². The van der Waals surface area contributed by atoms with Gasteiger partial charge in [0.05, 0.1) is 6.61 Å². The average molecular weight is 314 g/mol. The molecule has 23 heavy (non-hydrogen) atoms. The summed E-state index contributed by atoms with van der Waals surface area (Å²) in [6.45, 7) is 6.59. The van der Waals surface area contributed by atoms with Crippen LogP contribution in [0.5, 0.6) is 0 Å². The number of aromatic amines is 1. The molecule has 1 aliphatic rings. The van der Waals surface area contributed by atoms with Crippen molar-refractivity contribution >= 4 is 11.7 Å². The monoisotopic (exact) mass is 314 g/mol. The lowest BCUT2D eigenvalue weighted by Crippen LogP contribution is -2.32. The van der Waals surface area contributed by atoms with Crippen LogP contribution in [0.4, 0.5) is 5.69 Å². The number of carbonyl (C=O) groups excluding carboxylic acids is 1. The van der Waals surface area contributed by atoms with E-state index in [2.05, 4.69) is 39.4 Å². The zero-order valence-electron chi connectivity index (χ0n) is 13.6. The molecule has 2 aromatic rings. The lowest BCUT2D eigenvalue weighted by Gasteiger charge is -2.32. The summed E-state index contributed by atoms with van der Waals surface area (Å²) in [7, 11) is 0. The molecule has 0 unspecified atom stereocenters. The third kappa shape index (κ3) is 3.36. The lowest BCUT2D eigenvalue weighted by atomic mass is 9.98. The second-order valence-electron chi connectivity index (χ2n) is 5.96. The third-order valence-electron chi connectivity index (χ3n) is 4.31. The normalized spacial score (nSPS) is 15.7. The number of H-pyrrole nitrogens is 1. The fourth-order valence-corrected chi connectivity index (χ4v) is 2.87. The van der Waals surface area contributed by atoms with Crippen molar-refractivity contribution < 1.29 is 9.53 Å². The Hall–Kier alpha value is -2.37. The van der Waals surface area contributed by atoms with E-state index in [1.54, 1.807) is 6.92 Å². The lowest BCUT2D eigenvalue weighted by molar-refractivity contribution is 0.0520. The number of benzene rings is 1. The number of esters is 1. The molecule has 3 rings (SSSR count). The van der Waals surface area contributed by atoms with Gasteiger partial charge in [0.2, 0.25) is 0 Å². The van der Waals surface area contributed by atoms with Crippen molar-refractivity contribution in [1.29, 1.82) is 0 Å². The van der Waals surface area contributed by atoms with Gasteiger partial charge in [-0.25, -0.2) is 4.79 Å². The molecule has 122 valence electrons. The van der Waals surface area contributed by atoms with E-state index in [9.17, 15) is 4.79 Å². The Bertz CT molecular complexity index is 657. The molecule has 1 aromatic heterocycles. The molecule has 1 aromatic carbocycles. The topological polar surface area (TPSA) is 71.1 Å². The number of aromatic nitrogens is 3. The minimum Gasteiger partial charge on any atom is -0.461 e. The number of nitrogens with zero attached hydrogens (tertiary/aromatic N) is 3. The molecule has 0 atom stereocenters. The molecule has 1 saturated heterocycles. The molecule has 0 saturated carbocycles. The maximum Gasteiger partial charge on any atom is 0.361 e. The van der Waals surface area contributed by atoms with Crippen LogP contribution < -0.4 is 4.90 Å². The number of nitrogens with one attached hydrogen (secondary N) is 1. The number of carbonyl (C=O) groups is 1. The third-order valence-corrected chi connectivity index (χ3v) is 4.31. The van der Waals surface area contributed by atoms with Crippen LogP contribution in [-0.4, -0.2) is 41.1 Å². The summed E-state index contributed by atoms with van der Waals surface area (Å²) in [4.78, 5) is 14.3. The first-order chi connectivity index (χ1) is 11.2. The highest BCUT2D eigenvalue weighted by Crippen LogP contribution is 2.26. The fraction of sp³-hybridized carbons (Fsp3) is 0.471. The maximum atomic E-state index is 11.9. The molecule has 0 spiro atoms. The van der Waals surface area contributed by atoms with Crippen LogP contribution in [0.3, 0.4) is 0 Å². The smallest absolute Gasteiger partial charge is 0.361 e. The van der Waals surface area contributed by atoms with Crippen molar-refractivity contribution in [1.82, 2.24) is 15.4 Å². The zero-order valence-corrected chi connectivity index (χ0v) is 13.6. The van der Waals surface area contributed by atoms with Gasteiger partial charge in [0.1, 0.15) is 5.69 Å². The summed E-state index contributed by atoms with van der Waals surface area (Å²) in [6.07, 6.45) is 2.47. The standard InChI is InChI=1S/C17H22N4O2/c1-3-23-17(22)16-15(18-20-19-16)13-4-6-14(7-5-13)21-10-8-12(2)9-11-21/h4-7,12H,3,8-11H2,1-2H3,(H,18,19,20). The highest BCUT2D eigenvalue weighted by molar-refractivity contribution is 5.93. The molecule has 6 heteroatoms. The minimum atomic E-state index is -0.453. The van der Waals surface area contributed by atoms with E-state index in [1.165, 1.54) is 18.5 Å². The number of hydrogen-bond donors (Lipinski definition) is 1. The highest BCUT2D eigenvalue weighted by Gasteiger charge is 2.20. The SMILES string of the molecule is CCOC(=O)c1n[nH]nc1-c1ccc(N2CCC(C)CC2)cc1. The highest BCUT2D eigenvalue weighted by atomic mass is 16.5. The molecule has 1 fully saturated rings. The van der Waals surface area contributed by atoms with Gasteiger partial charge in [0.15, 0.2) is 5.69 Å². The Morgan fingerprint density at radius 3 is 2.61 bits per heavy atom. The molecule has 0 radical (unpaired) electrons. The van der Waals surface area contributed by atoms with Crippen molar-refractivity contribution in [3.63, 3.8) is 0 Å². The van der Waals surface area contributed by atoms with E-state index >= 15 is 0 Å². The van der Waals surface area contributed by atoms with Gasteiger partial charge in [0, 0.05) is 24.3 Å². The summed E-state index contributed by atoms with van der Waals surface area (Å²) in [6, 6.07) is 8.12. The Labute approximate surface area is 135 Å². The first-order valence-electron chi connectivity index (χ1n) is 8.12. The van der Waals surface area contributed by atoms with Crippen LogP contribution in [0, 0.1) is 5.92 Å². The van der Waals surface area contributed by atoms with Crippen LogP contribution in [0.15, 0.2) is 24.3 Å². The molecular weight excluding hydrogens is 292 g/mol. The van der Waals surface area contributed by atoms with E-state index < -0.39 is 5.97 Å². The van der Waals surface area contributed by atoms with E-state index in [0.29, 0.717) is 12.3 Å². The van der Waals surface area contributed by atoms with Gasteiger partial charge in [-0.15, -0.1) is 5.10 Å². The first-order valence-corrected chi connectivity index (χ1v) is 8.12. The Morgan fingerprint density at radius 1 is 1.26 bits per heavy atom. The van der Waals surface area contributed by atoms with Crippen LogP contribution in [0.25, 0.3) is 11.3 Å². The predicted octanol–water partition coefficient (Wildman–Crippen LogP) is 2.88. The predicted molar refractivity (Wildman–Crippen MR) is 88.4 cm³/mol. The number of ether oxygens (including phenoxy) is 1. The van der Waals surface area contributed by atoms with E-state index in [4.69, 9.17) is 4.74 Å². The molecule has 0 bridgehead atoms. The van der Waals surface area contributed by atoms with Crippen molar-refractivity contribution in [2.45, 2.75) is 26.7 Å². The van der Waals surface area contributed by atoms with Gasteiger partial charge in [-0.2, -0.15) is 10.3 Å². The fourth-order valence-electron chi connectivity index (χ4n) is 2.87. The summed E-state index contributed by atoms with van der Waals surface area (Å²) in [5.74, 6) is 0.359. The van der Waals surface area contributed by atoms with Crippen LogP contribution in [0.2, 0.25) is 0 Å². The minimum absolute atomic E-state index is 0.228. The summed E-state index contributed by atoms with van der Waals surface area (Å²) >= 11 is 0. The van der Waals surface area contributed by atoms with Crippen LogP contribution in [-0.2, 0) is 4.74 Å². The molecular formula is C17H22N4O2. The molecule has 1 aliphatic heterocycles. The largest absolute Gasteiger partial charge is 0.461 e. The summed E-state index contributed by atoms with van der Waals surface area (Å²) < 4.78 is 5.01. The second kappa shape index (κ2) is 6.81. The van der Waals surface area contributed by atoms with Gasteiger partial charge in [-0.3, -0.25) is 0 Å². The number of anilines is 1. The van der Waals surface area contributed by atoms with Gasteiger partial charge in [0.25, 0.3) is 0 Å². The van der Waals surface area contributed by atoms with Crippen molar-refractivity contribution in [2.24, 2.45) is 5.92 Å². The molecule has 6 nitrogen and oxygen atoms in total. The average Bonchev–Trinajstić information content (AvgIpc) is 3.06. The second-order valence-corrected chi connectivity index (χ2v) is 5.96. The maximum absolute atomic E-state index is 11.9. The Balaban J connectivity index is 1.78. The number of hydrogen-bond acceptors (Lipinski definition) is 5. The molecule has 2 heterocycles. The van der Waals surface area contributed by atoms with E-state index in [1.807, 2.05) is 12.1 Å². The molecule has 0 aliphatic carbocycles. The van der Waals surface area contributed by atoms with Gasteiger partial charge in [-0.1, -0.05) is 19.1 Å². The van der Waals surface area contributed by atoms with Crippen LogP contribution in [0.1, 0.15) is 37.2 Å². The van der Waals surface area contributed by atoms with Crippen molar-refractivity contribution in [3.05, 3.63) is 30.0 Å². The van der Waals surface area contributed by atoms with E-state index in [-0.39, 0.29) is 5.69 Å². The number of piperidine rings is 1. The van der Waals surface area contributed by atoms with E-state index in [0.717, 1.165) is 24.6 Å². The quantitative estimate of drug-likeness (QED) is 0.879. The molecule has 0 amide bonds. The van der Waals surface area contributed by atoms with Crippen molar-refractivity contribution in [2.75, 3.05) is 24.6 Å². The van der Waals surface area contributed by atoms with Crippen LogP contribution >= 0.6 is 0 Å². The summed E-state index contributed by atoms with van der Waals surface area (Å²) in [5, 5.41) is 10.5. The Kier molecular flexibility index (Phi) is 4.60. The Morgan fingerprint density at radius 2 is 1.96 bits per heavy atom. The van der Waals surface area contributed by atoms with Crippen molar-refractivity contribution in [3.8, 4) is 11.3 Å².